The Bertz CT molecular complexity index is 325. The molecule has 0 spiro atoms. The van der Waals surface area contributed by atoms with Gasteiger partial charge in [0.15, 0.2) is 0 Å². The number of carbonyl (C=O) groups is 2. The summed E-state index contributed by atoms with van der Waals surface area (Å²) < 4.78 is 5.27. The van der Waals surface area contributed by atoms with Gasteiger partial charge in [0.2, 0.25) is 5.91 Å². The Kier molecular flexibility index (Phi) is 4.22. The van der Waals surface area contributed by atoms with Gasteiger partial charge in [-0.15, -0.1) is 0 Å². The molecule has 0 radical (unpaired) electrons. The molecule has 1 N–H and O–H groups in total. The molecule has 0 unspecified atom stereocenters. The van der Waals surface area contributed by atoms with Crippen LogP contribution >= 0.6 is 0 Å². The van der Waals surface area contributed by atoms with Crippen LogP contribution in [0.2, 0.25) is 0 Å². The number of carbonyl (C=O) groups excluding carboxylic acids is 1. The number of carboxylic acids is 1. The van der Waals surface area contributed by atoms with Crippen molar-refractivity contribution in [1.29, 1.82) is 0 Å². The molecule has 5 nitrogen and oxygen atoms in total. The van der Waals surface area contributed by atoms with Crippen molar-refractivity contribution >= 4 is 11.9 Å². The summed E-state index contributed by atoms with van der Waals surface area (Å²) in [5.41, 5.74) is 0. The summed E-state index contributed by atoms with van der Waals surface area (Å²) in [5, 5.41) is 9.05. The summed E-state index contributed by atoms with van der Waals surface area (Å²) in [6.07, 6.45) is 2.43. The largest absolute Gasteiger partial charge is 0.481 e. The first kappa shape index (κ1) is 13.3. The van der Waals surface area contributed by atoms with Crippen molar-refractivity contribution < 1.29 is 19.4 Å². The lowest BCUT2D eigenvalue weighted by atomic mass is 9.96. The lowest BCUT2D eigenvalue weighted by Gasteiger charge is -2.24. The van der Waals surface area contributed by atoms with Crippen LogP contribution in [0.3, 0.4) is 0 Å². The number of hydrogen-bond acceptors (Lipinski definition) is 3. The van der Waals surface area contributed by atoms with Gasteiger partial charge < -0.3 is 14.7 Å². The first-order valence-corrected chi connectivity index (χ1v) is 6.66. The molecule has 0 aromatic carbocycles. The molecule has 2 rings (SSSR count). The smallest absolute Gasteiger partial charge is 0.308 e. The van der Waals surface area contributed by atoms with Crippen LogP contribution < -0.4 is 0 Å². The highest BCUT2D eigenvalue weighted by atomic mass is 16.5. The average molecular weight is 255 g/mol. The van der Waals surface area contributed by atoms with Gasteiger partial charge in [0.05, 0.1) is 5.92 Å². The lowest BCUT2D eigenvalue weighted by molar-refractivity contribution is -0.142. The van der Waals surface area contributed by atoms with Gasteiger partial charge in [-0.05, 0) is 24.7 Å². The minimum atomic E-state index is -0.788. The number of hydrogen-bond donors (Lipinski definition) is 1. The van der Waals surface area contributed by atoms with Gasteiger partial charge in [0, 0.05) is 32.7 Å². The van der Waals surface area contributed by atoms with Gasteiger partial charge in [0.25, 0.3) is 0 Å². The summed E-state index contributed by atoms with van der Waals surface area (Å²) in [5.74, 6) is -0.614. The zero-order chi connectivity index (χ0) is 13.1. The van der Waals surface area contributed by atoms with Gasteiger partial charge in [-0.3, -0.25) is 9.59 Å². The maximum absolute atomic E-state index is 12.1. The molecule has 2 atom stereocenters. The Morgan fingerprint density at radius 1 is 1.28 bits per heavy atom. The normalized spacial score (nSPS) is 29.5. The lowest BCUT2D eigenvalue weighted by Crippen LogP contribution is -2.32. The van der Waals surface area contributed by atoms with Crippen LogP contribution in [0.5, 0.6) is 0 Å². The van der Waals surface area contributed by atoms with Crippen molar-refractivity contribution in [2.45, 2.75) is 26.2 Å². The summed E-state index contributed by atoms with van der Waals surface area (Å²) in [7, 11) is 0. The number of aliphatic carboxylic acids is 1. The quantitative estimate of drug-likeness (QED) is 0.816. The third-order valence-electron chi connectivity index (χ3n) is 4.09. The Balaban J connectivity index is 1.84. The molecule has 0 aliphatic carbocycles. The van der Waals surface area contributed by atoms with E-state index in [0.717, 1.165) is 26.1 Å². The second-order valence-corrected chi connectivity index (χ2v) is 5.48. The minimum absolute atomic E-state index is 0.0566. The van der Waals surface area contributed by atoms with E-state index >= 15 is 0 Å². The number of carboxylic acid groups (broad SMARTS) is 1. The predicted octanol–water partition coefficient (Wildman–Crippen LogP) is 0.982. The van der Waals surface area contributed by atoms with E-state index in [4.69, 9.17) is 9.84 Å². The molecule has 102 valence electrons. The van der Waals surface area contributed by atoms with E-state index in [0.29, 0.717) is 25.4 Å². The number of amides is 1. The average Bonchev–Trinajstić information content (AvgIpc) is 2.73. The van der Waals surface area contributed by atoms with Crippen LogP contribution in [0, 0.1) is 17.8 Å². The Morgan fingerprint density at radius 3 is 2.50 bits per heavy atom. The molecule has 0 aromatic heterocycles. The predicted molar refractivity (Wildman–Crippen MR) is 65.0 cm³/mol. The van der Waals surface area contributed by atoms with Crippen molar-refractivity contribution in [2.24, 2.45) is 17.8 Å². The maximum atomic E-state index is 12.1. The molecule has 0 saturated carbocycles. The van der Waals surface area contributed by atoms with E-state index in [2.05, 4.69) is 0 Å². The zero-order valence-corrected chi connectivity index (χ0v) is 10.8. The molecule has 1 amide bonds. The summed E-state index contributed by atoms with van der Waals surface area (Å²) in [6.45, 7) is 4.34. The van der Waals surface area contributed by atoms with Crippen LogP contribution in [0.4, 0.5) is 0 Å². The molecular weight excluding hydrogens is 234 g/mol. The monoisotopic (exact) mass is 255 g/mol. The van der Waals surface area contributed by atoms with E-state index in [1.54, 1.807) is 4.90 Å². The molecule has 2 saturated heterocycles. The topological polar surface area (TPSA) is 66.8 Å². The van der Waals surface area contributed by atoms with Crippen molar-refractivity contribution in [2.75, 3.05) is 26.3 Å². The van der Waals surface area contributed by atoms with Crippen molar-refractivity contribution in [1.82, 2.24) is 4.90 Å². The van der Waals surface area contributed by atoms with E-state index in [1.807, 2.05) is 6.92 Å². The van der Waals surface area contributed by atoms with Crippen LogP contribution in [-0.2, 0) is 14.3 Å². The molecule has 2 aliphatic heterocycles. The van der Waals surface area contributed by atoms with E-state index in [1.165, 1.54) is 0 Å². The number of rotatable bonds is 3. The van der Waals surface area contributed by atoms with Gasteiger partial charge in [0.1, 0.15) is 0 Å². The van der Waals surface area contributed by atoms with E-state index < -0.39 is 11.9 Å². The molecule has 18 heavy (non-hydrogen) atoms. The second-order valence-electron chi connectivity index (χ2n) is 5.48. The maximum Gasteiger partial charge on any atom is 0.308 e. The van der Waals surface area contributed by atoms with Gasteiger partial charge in [-0.2, -0.15) is 0 Å². The van der Waals surface area contributed by atoms with Crippen LogP contribution in [0.1, 0.15) is 26.2 Å². The molecule has 2 heterocycles. The number of nitrogens with zero attached hydrogens (tertiary/aromatic N) is 1. The van der Waals surface area contributed by atoms with Crippen molar-refractivity contribution in [3.63, 3.8) is 0 Å². The van der Waals surface area contributed by atoms with E-state index in [9.17, 15) is 9.59 Å². The molecule has 0 aromatic rings. The highest BCUT2D eigenvalue weighted by molar-refractivity contribution is 5.79. The summed E-state index contributed by atoms with van der Waals surface area (Å²) in [4.78, 5) is 24.9. The number of likely N-dealkylation sites (tertiary alicyclic amines) is 1. The highest BCUT2D eigenvalue weighted by Gasteiger charge is 2.37. The number of ether oxygens (including phenoxy) is 1. The van der Waals surface area contributed by atoms with Gasteiger partial charge in [-0.25, -0.2) is 0 Å². The first-order chi connectivity index (χ1) is 8.58. The molecular formula is C13H21NO4. The third-order valence-corrected chi connectivity index (χ3v) is 4.09. The second kappa shape index (κ2) is 5.69. The Morgan fingerprint density at radius 2 is 1.94 bits per heavy atom. The zero-order valence-electron chi connectivity index (χ0n) is 10.8. The SMILES string of the molecule is C[C@@H]1CN(C(=O)CC2CCOCC2)C[C@H]1C(=O)O. The molecule has 0 bridgehead atoms. The van der Waals surface area contributed by atoms with Gasteiger partial charge in [-0.1, -0.05) is 6.92 Å². The fourth-order valence-corrected chi connectivity index (χ4v) is 2.82. The Hall–Kier alpha value is -1.10. The van der Waals surface area contributed by atoms with Crippen LogP contribution in [0.15, 0.2) is 0 Å². The van der Waals surface area contributed by atoms with Gasteiger partial charge >= 0.3 is 5.97 Å². The van der Waals surface area contributed by atoms with Crippen LogP contribution in [0.25, 0.3) is 0 Å². The highest BCUT2D eigenvalue weighted by Crippen LogP contribution is 2.26. The molecule has 5 heteroatoms. The molecule has 2 aliphatic rings. The third kappa shape index (κ3) is 3.02. The Labute approximate surface area is 107 Å². The first-order valence-electron chi connectivity index (χ1n) is 6.66. The minimum Gasteiger partial charge on any atom is -0.481 e. The van der Waals surface area contributed by atoms with E-state index in [-0.39, 0.29) is 11.8 Å². The van der Waals surface area contributed by atoms with Crippen molar-refractivity contribution in [3.8, 4) is 0 Å². The fourth-order valence-electron chi connectivity index (χ4n) is 2.82. The standard InChI is InChI=1S/C13H21NO4/c1-9-7-14(8-11(9)13(16)17)12(15)6-10-2-4-18-5-3-10/h9-11H,2-8H2,1H3,(H,16,17)/t9-,11-/m1/s1. The summed E-state index contributed by atoms with van der Waals surface area (Å²) in [6, 6.07) is 0. The van der Waals surface area contributed by atoms with Crippen molar-refractivity contribution in [3.05, 3.63) is 0 Å². The fraction of sp³-hybridized carbons (Fsp3) is 0.846. The van der Waals surface area contributed by atoms with Crippen LogP contribution in [-0.4, -0.2) is 48.2 Å². The summed E-state index contributed by atoms with van der Waals surface area (Å²) >= 11 is 0. The molecule has 2 fully saturated rings.